The Morgan fingerprint density at radius 3 is 2.62 bits per heavy atom. The summed E-state index contributed by atoms with van der Waals surface area (Å²) in [6.45, 7) is 6.80. The Hall–Kier alpha value is -1.75. The molecular formula is C19H30N2O3. The number of carbonyl (C=O) groups is 1. The van der Waals surface area contributed by atoms with Gasteiger partial charge in [0.2, 0.25) is 0 Å². The number of benzene rings is 1. The van der Waals surface area contributed by atoms with Crippen LogP contribution in [0.1, 0.15) is 51.0 Å². The molecule has 1 heterocycles. The second-order valence-corrected chi connectivity index (χ2v) is 6.33. The van der Waals surface area contributed by atoms with Crippen LogP contribution in [0.15, 0.2) is 18.2 Å². The first-order valence-corrected chi connectivity index (χ1v) is 8.91. The fourth-order valence-corrected chi connectivity index (χ4v) is 3.49. The van der Waals surface area contributed by atoms with Crippen LogP contribution in [0.5, 0.6) is 0 Å². The molecule has 1 aromatic rings. The van der Waals surface area contributed by atoms with Gasteiger partial charge in [-0.25, -0.2) is 0 Å². The van der Waals surface area contributed by atoms with Gasteiger partial charge in [0.25, 0.3) is 0 Å². The zero-order valence-electron chi connectivity index (χ0n) is 15.1. The molecule has 24 heavy (non-hydrogen) atoms. The van der Waals surface area contributed by atoms with Crippen molar-refractivity contribution in [3.8, 4) is 0 Å². The van der Waals surface area contributed by atoms with Crippen LogP contribution in [0.4, 0.5) is 11.4 Å². The topological polar surface area (TPSA) is 64.8 Å². The van der Waals surface area contributed by atoms with Crippen molar-refractivity contribution in [2.75, 3.05) is 37.5 Å². The lowest BCUT2D eigenvalue weighted by molar-refractivity contribution is -0.141. The summed E-state index contributed by atoms with van der Waals surface area (Å²) in [4.78, 5) is 14.0. The van der Waals surface area contributed by atoms with Gasteiger partial charge in [0.05, 0.1) is 24.9 Å². The second-order valence-electron chi connectivity index (χ2n) is 6.33. The van der Waals surface area contributed by atoms with Gasteiger partial charge in [0.1, 0.15) is 0 Å². The summed E-state index contributed by atoms with van der Waals surface area (Å²) in [6, 6.07) is 6.71. The highest BCUT2D eigenvalue weighted by Crippen LogP contribution is 2.33. The third kappa shape index (κ3) is 4.41. The van der Waals surface area contributed by atoms with Crippen molar-refractivity contribution in [1.82, 2.24) is 0 Å². The summed E-state index contributed by atoms with van der Waals surface area (Å²) in [6.07, 6.45) is 3.35. The summed E-state index contributed by atoms with van der Waals surface area (Å²) in [5.74, 6) is -0.0335. The van der Waals surface area contributed by atoms with E-state index >= 15 is 0 Å². The number of nitrogens with zero attached hydrogens (tertiary/aromatic N) is 1. The first-order chi connectivity index (χ1) is 11.6. The maximum absolute atomic E-state index is 11.6. The molecule has 0 aromatic heterocycles. The van der Waals surface area contributed by atoms with Gasteiger partial charge in [0, 0.05) is 25.8 Å². The van der Waals surface area contributed by atoms with Crippen LogP contribution in [0.3, 0.4) is 0 Å². The van der Waals surface area contributed by atoms with Gasteiger partial charge in [-0.05, 0) is 49.8 Å². The van der Waals surface area contributed by atoms with E-state index in [1.807, 2.05) is 6.07 Å². The normalized spacial score (nSPS) is 16.6. The number of methoxy groups -OCH3 is 1. The van der Waals surface area contributed by atoms with E-state index in [9.17, 15) is 4.79 Å². The molecule has 1 fully saturated rings. The van der Waals surface area contributed by atoms with E-state index in [4.69, 9.17) is 15.2 Å². The average molecular weight is 334 g/mol. The SMILES string of the molecule is CC[C@@H](CC(=O)OC)c1ccc(N(CC)C2CCOCC2)c(N)c1. The van der Waals surface area contributed by atoms with E-state index in [1.54, 1.807) is 0 Å². The largest absolute Gasteiger partial charge is 0.469 e. The van der Waals surface area contributed by atoms with Crippen molar-refractivity contribution in [3.63, 3.8) is 0 Å². The van der Waals surface area contributed by atoms with Gasteiger partial charge in [0.15, 0.2) is 0 Å². The average Bonchev–Trinajstić information content (AvgIpc) is 2.62. The van der Waals surface area contributed by atoms with Crippen LogP contribution in [0.2, 0.25) is 0 Å². The lowest BCUT2D eigenvalue weighted by Gasteiger charge is -2.36. The van der Waals surface area contributed by atoms with Crippen LogP contribution in [-0.4, -0.2) is 38.9 Å². The molecule has 0 saturated carbocycles. The minimum Gasteiger partial charge on any atom is -0.469 e. The molecule has 1 atom stereocenters. The van der Waals surface area contributed by atoms with Crippen molar-refractivity contribution < 1.29 is 14.3 Å². The summed E-state index contributed by atoms with van der Waals surface area (Å²) >= 11 is 0. The summed E-state index contributed by atoms with van der Waals surface area (Å²) in [7, 11) is 1.43. The fraction of sp³-hybridized carbons (Fsp3) is 0.632. The number of esters is 1. The molecule has 1 saturated heterocycles. The maximum atomic E-state index is 11.6. The molecule has 5 heteroatoms. The molecule has 0 amide bonds. The Kier molecular flexibility index (Phi) is 6.91. The van der Waals surface area contributed by atoms with Crippen LogP contribution >= 0.6 is 0 Å². The van der Waals surface area contributed by atoms with E-state index in [0.717, 1.165) is 56.0 Å². The Morgan fingerprint density at radius 2 is 2.08 bits per heavy atom. The Bertz CT molecular complexity index is 541. The molecule has 2 rings (SSSR count). The van der Waals surface area contributed by atoms with Crippen LogP contribution in [0, 0.1) is 0 Å². The molecule has 0 spiro atoms. The second kappa shape index (κ2) is 8.92. The molecule has 0 radical (unpaired) electrons. The number of nitrogens with two attached hydrogens (primary N) is 1. The standard InChI is InChI=1S/C19H30N2O3/c1-4-14(13-19(22)23-3)15-6-7-18(17(20)12-15)21(5-2)16-8-10-24-11-9-16/h6-7,12,14,16H,4-5,8-11,13,20H2,1-3H3/t14-/m0/s1. The van der Waals surface area contributed by atoms with Crippen LogP contribution in [-0.2, 0) is 14.3 Å². The number of nitrogen functional groups attached to an aromatic ring is 1. The number of ether oxygens (including phenoxy) is 2. The Morgan fingerprint density at radius 1 is 1.38 bits per heavy atom. The van der Waals surface area contributed by atoms with Gasteiger partial charge in [-0.1, -0.05) is 13.0 Å². The van der Waals surface area contributed by atoms with E-state index in [0.29, 0.717) is 12.5 Å². The van der Waals surface area contributed by atoms with Crippen molar-refractivity contribution in [2.24, 2.45) is 0 Å². The van der Waals surface area contributed by atoms with Crippen molar-refractivity contribution in [3.05, 3.63) is 23.8 Å². The smallest absolute Gasteiger partial charge is 0.306 e. The minimum atomic E-state index is -0.179. The number of rotatable bonds is 7. The molecule has 0 bridgehead atoms. The number of carbonyl (C=O) groups excluding carboxylic acids is 1. The monoisotopic (exact) mass is 334 g/mol. The summed E-state index contributed by atoms with van der Waals surface area (Å²) < 4.78 is 10.3. The van der Waals surface area contributed by atoms with E-state index in [1.165, 1.54) is 7.11 Å². The molecule has 1 aromatic carbocycles. The zero-order valence-corrected chi connectivity index (χ0v) is 15.1. The number of hydrogen-bond acceptors (Lipinski definition) is 5. The van der Waals surface area contributed by atoms with E-state index in [2.05, 4.69) is 30.9 Å². The molecule has 1 aliphatic rings. The molecule has 5 nitrogen and oxygen atoms in total. The van der Waals surface area contributed by atoms with Gasteiger partial charge in [-0.2, -0.15) is 0 Å². The Labute approximate surface area is 145 Å². The predicted octanol–water partition coefficient (Wildman–Crippen LogP) is 3.33. The number of anilines is 2. The van der Waals surface area contributed by atoms with E-state index < -0.39 is 0 Å². The van der Waals surface area contributed by atoms with Crippen molar-refractivity contribution in [2.45, 2.75) is 51.5 Å². The number of hydrogen-bond donors (Lipinski definition) is 1. The first-order valence-electron chi connectivity index (χ1n) is 8.91. The van der Waals surface area contributed by atoms with Crippen LogP contribution in [0.25, 0.3) is 0 Å². The van der Waals surface area contributed by atoms with Gasteiger partial charge in [-0.3, -0.25) is 4.79 Å². The third-order valence-electron chi connectivity index (χ3n) is 4.94. The van der Waals surface area contributed by atoms with E-state index in [-0.39, 0.29) is 11.9 Å². The maximum Gasteiger partial charge on any atom is 0.306 e. The molecule has 0 unspecified atom stereocenters. The first kappa shape index (κ1) is 18.6. The van der Waals surface area contributed by atoms with Gasteiger partial charge < -0.3 is 20.1 Å². The van der Waals surface area contributed by atoms with Crippen molar-refractivity contribution in [1.29, 1.82) is 0 Å². The molecular weight excluding hydrogens is 304 g/mol. The van der Waals surface area contributed by atoms with Gasteiger partial charge in [-0.15, -0.1) is 0 Å². The minimum absolute atomic E-state index is 0.145. The highest BCUT2D eigenvalue weighted by Gasteiger charge is 2.23. The lowest BCUT2D eigenvalue weighted by atomic mass is 9.92. The molecule has 1 aliphatic heterocycles. The molecule has 134 valence electrons. The summed E-state index contributed by atoms with van der Waals surface area (Å²) in [5, 5.41) is 0. The highest BCUT2D eigenvalue weighted by atomic mass is 16.5. The highest BCUT2D eigenvalue weighted by molar-refractivity contribution is 5.72. The zero-order chi connectivity index (χ0) is 17.5. The Balaban J connectivity index is 2.19. The van der Waals surface area contributed by atoms with Crippen molar-refractivity contribution >= 4 is 17.3 Å². The third-order valence-corrected chi connectivity index (χ3v) is 4.94. The van der Waals surface area contributed by atoms with Gasteiger partial charge >= 0.3 is 5.97 Å². The quantitative estimate of drug-likeness (QED) is 0.612. The lowest BCUT2D eigenvalue weighted by Crippen LogP contribution is -2.39. The molecule has 2 N–H and O–H groups in total. The predicted molar refractivity (Wildman–Crippen MR) is 97.4 cm³/mol. The summed E-state index contributed by atoms with van der Waals surface area (Å²) in [5.41, 5.74) is 9.34. The van der Waals surface area contributed by atoms with Crippen LogP contribution < -0.4 is 10.6 Å². The molecule has 0 aliphatic carbocycles. The fourth-order valence-electron chi connectivity index (χ4n) is 3.49.